The molecule has 6 heteroatoms. The molecular weight excluding hydrogens is 273 g/mol. The van der Waals surface area contributed by atoms with Gasteiger partial charge >= 0.3 is 6.01 Å². The van der Waals surface area contributed by atoms with Gasteiger partial charge in [0, 0.05) is 37.5 Å². The maximum Gasteiger partial charge on any atom is 0.316 e. The van der Waals surface area contributed by atoms with Crippen molar-refractivity contribution in [2.24, 2.45) is 0 Å². The van der Waals surface area contributed by atoms with Crippen LogP contribution in [0.4, 0.5) is 4.39 Å². The molecule has 0 aliphatic heterocycles. The van der Waals surface area contributed by atoms with Crippen molar-refractivity contribution in [2.45, 2.75) is 6.54 Å². The van der Waals surface area contributed by atoms with Gasteiger partial charge in [-0.3, -0.25) is 0 Å². The van der Waals surface area contributed by atoms with E-state index in [0.29, 0.717) is 31.0 Å². The molecule has 2 rings (SSSR count). The molecule has 21 heavy (non-hydrogen) atoms. The summed E-state index contributed by atoms with van der Waals surface area (Å²) >= 11 is 0. The van der Waals surface area contributed by atoms with Crippen LogP contribution in [0.3, 0.4) is 0 Å². The molecule has 0 spiro atoms. The van der Waals surface area contributed by atoms with Gasteiger partial charge in [0.2, 0.25) is 0 Å². The molecule has 1 aromatic heterocycles. The lowest BCUT2D eigenvalue weighted by atomic mass is 10.1. The van der Waals surface area contributed by atoms with E-state index in [1.54, 1.807) is 31.5 Å². The van der Waals surface area contributed by atoms with Gasteiger partial charge in [-0.2, -0.15) is 4.98 Å². The summed E-state index contributed by atoms with van der Waals surface area (Å²) in [5, 5.41) is 3.12. The summed E-state index contributed by atoms with van der Waals surface area (Å²) in [5.41, 5.74) is 2.10. The van der Waals surface area contributed by atoms with Gasteiger partial charge in [-0.1, -0.05) is 0 Å². The second kappa shape index (κ2) is 7.66. The first-order valence-corrected chi connectivity index (χ1v) is 6.60. The second-order valence-corrected chi connectivity index (χ2v) is 4.40. The van der Waals surface area contributed by atoms with Gasteiger partial charge < -0.3 is 14.8 Å². The van der Waals surface area contributed by atoms with Crippen LogP contribution in [0.1, 0.15) is 5.56 Å². The highest BCUT2D eigenvalue weighted by molar-refractivity contribution is 5.60. The molecule has 5 nitrogen and oxygen atoms in total. The molecule has 0 amide bonds. The molecule has 0 bridgehead atoms. The number of hydrogen-bond donors (Lipinski definition) is 1. The number of ether oxygens (including phenoxy) is 2. The lowest BCUT2D eigenvalue weighted by Crippen LogP contribution is -2.19. The van der Waals surface area contributed by atoms with Crippen LogP contribution in [0.15, 0.2) is 30.5 Å². The average Bonchev–Trinajstić information content (AvgIpc) is 2.53. The van der Waals surface area contributed by atoms with E-state index in [0.717, 1.165) is 5.56 Å². The van der Waals surface area contributed by atoms with Crippen molar-refractivity contribution in [1.82, 2.24) is 15.3 Å². The Hall–Kier alpha value is -2.05. The highest BCUT2D eigenvalue weighted by Gasteiger charge is 2.07. The molecule has 0 fully saturated rings. The number of nitrogens with one attached hydrogen (secondary N) is 1. The Morgan fingerprint density at radius 1 is 1.24 bits per heavy atom. The number of rotatable bonds is 7. The number of halogens is 1. The number of methoxy groups -OCH3 is 2. The largest absolute Gasteiger partial charge is 0.467 e. The first-order valence-electron chi connectivity index (χ1n) is 6.60. The van der Waals surface area contributed by atoms with Crippen molar-refractivity contribution in [3.8, 4) is 17.3 Å². The van der Waals surface area contributed by atoms with Crippen molar-refractivity contribution in [3.63, 3.8) is 0 Å². The molecule has 0 atom stereocenters. The van der Waals surface area contributed by atoms with Crippen molar-refractivity contribution in [1.29, 1.82) is 0 Å². The zero-order chi connectivity index (χ0) is 15.1. The van der Waals surface area contributed by atoms with Gasteiger partial charge in [0.25, 0.3) is 0 Å². The zero-order valence-electron chi connectivity index (χ0n) is 12.1. The van der Waals surface area contributed by atoms with Crippen LogP contribution in [0.2, 0.25) is 0 Å². The van der Waals surface area contributed by atoms with Gasteiger partial charge in [0.1, 0.15) is 5.82 Å². The topological polar surface area (TPSA) is 56.3 Å². The summed E-state index contributed by atoms with van der Waals surface area (Å²) in [6.07, 6.45) is 1.61. The third-order valence-corrected chi connectivity index (χ3v) is 2.96. The van der Waals surface area contributed by atoms with Gasteiger partial charge in [-0.25, -0.2) is 9.37 Å². The number of benzene rings is 1. The predicted octanol–water partition coefficient (Wildman–Crippen LogP) is 2.03. The first kappa shape index (κ1) is 15.3. The van der Waals surface area contributed by atoms with Crippen molar-refractivity contribution >= 4 is 0 Å². The van der Waals surface area contributed by atoms with Gasteiger partial charge in [0.05, 0.1) is 19.4 Å². The third kappa shape index (κ3) is 4.21. The van der Waals surface area contributed by atoms with Gasteiger partial charge in [-0.05, 0) is 24.3 Å². The van der Waals surface area contributed by atoms with Crippen LogP contribution in [-0.4, -0.2) is 37.3 Å². The molecule has 1 heterocycles. The van der Waals surface area contributed by atoms with E-state index in [2.05, 4.69) is 15.3 Å². The molecule has 0 aliphatic rings. The minimum atomic E-state index is -0.246. The Kier molecular flexibility index (Phi) is 5.59. The van der Waals surface area contributed by atoms with Crippen LogP contribution < -0.4 is 10.1 Å². The van der Waals surface area contributed by atoms with Crippen LogP contribution in [0, 0.1) is 5.82 Å². The Morgan fingerprint density at radius 3 is 2.86 bits per heavy atom. The molecule has 1 N–H and O–H groups in total. The van der Waals surface area contributed by atoms with E-state index in [9.17, 15) is 4.39 Å². The normalized spacial score (nSPS) is 10.6. The maximum absolute atomic E-state index is 13.8. The Bertz CT molecular complexity index is 593. The summed E-state index contributed by atoms with van der Waals surface area (Å²) in [7, 11) is 3.14. The highest BCUT2D eigenvalue weighted by Crippen LogP contribution is 2.21. The number of nitrogens with zero attached hydrogens (tertiary/aromatic N) is 2. The Balaban J connectivity index is 2.17. The fourth-order valence-corrected chi connectivity index (χ4v) is 1.87. The van der Waals surface area contributed by atoms with E-state index in [-0.39, 0.29) is 11.8 Å². The second-order valence-electron chi connectivity index (χ2n) is 4.40. The number of aromatic nitrogens is 2. The molecule has 1 aromatic carbocycles. The summed E-state index contributed by atoms with van der Waals surface area (Å²) in [6.45, 7) is 1.69. The Morgan fingerprint density at radius 2 is 2.10 bits per heavy atom. The standard InChI is InChI=1S/C15H18FN3O2/c1-20-8-7-17-10-12-9-11(3-4-13(12)16)14-5-6-18-15(19-14)21-2/h3-6,9,17H,7-8,10H2,1-2H3. The van der Waals surface area contributed by atoms with Crippen molar-refractivity contribution < 1.29 is 13.9 Å². The van der Waals surface area contributed by atoms with Crippen LogP contribution in [0.25, 0.3) is 11.3 Å². The van der Waals surface area contributed by atoms with E-state index in [4.69, 9.17) is 9.47 Å². The minimum Gasteiger partial charge on any atom is -0.467 e. The summed E-state index contributed by atoms with van der Waals surface area (Å²) in [5.74, 6) is -0.246. The quantitative estimate of drug-likeness (QED) is 0.791. The summed E-state index contributed by atoms with van der Waals surface area (Å²) in [6, 6.07) is 6.96. The fraction of sp³-hybridized carbons (Fsp3) is 0.333. The SMILES string of the molecule is COCCNCc1cc(-c2ccnc(OC)n2)ccc1F. The van der Waals surface area contributed by atoms with Gasteiger partial charge in [0.15, 0.2) is 0 Å². The molecular formula is C15H18FN3O2. The molecule has 0 saturated carbocycles. The van der Waals surface area contributed by atoms with E-state index in [1.807, 2.05) is 0 Å². The maximum atomic E-state index is 13.8. The predicted molar refractivity (Wildman–Crippen MR) is 77.6 cm³/mol. The first-order chi connectivity index (χ1) is 10.2. The zero-order valence-corrected chi connectivity index (χ0v) is 12.1. The van der Waals surface area contributed by atoms with E-state index >= 15 is 0 Å². The number of hydrogen-bond acceptors (Lipinski definition) is 5. The summed E-state index contributed by atoms with van der Waals surface area (Å²) in [4.78, 5) is 8.21. The monoisotopic (exact) mass is 291 g/mol. The molecule has 0 radical (unpaired) electrons. The molecule has 0 saturated heterocycles. The smallest absolute Gasteiger partial charge is 0.316 e. The van der Waals surface area contributed by atoms with Crippen LogP contribution in [0.5, 0.6) is 6.01 Å². The fourth-order valence-electron chi connectivity index (χ4n) is 1.87. The van der Waals surface area contributed by atoms with Gasteiger partial charge in [-0.15, -0.1) is 0 Å². The molecule has 2 aromatic rings. The van der Waals surface area contributed by atoms with Crippen LogP contribution in [-0.2, 0) is 11.3 Å². The lowest BCUT2D eigenvalue weighted by molar-refractivity contribution is 0.199. The Labute approximate surface area is 123 Å². The minimum absolute atomic E-state index is 0.246. The lowest BCUT2D eigenvalue weighted by Gasteiger charge is -2.08. The van der Waals surface area contributed by atoms with Crippen molar-refractivity contribution in [2.75, 3.05) is 27.4 Å². The van der Waals surface area contributed by atoms with E-state index < -0.39 is 0 Å². The average molecular weight is 291 g/mol. The molecule has 0 aliphatic carbocycles. The molecule has 112 valence electrons. The van der Waals surface area contributed by atoms with Crippen molar-refractivity contribution in [3.05, 3.63) is 41.8 Å². The third-order valence-electron chi connectivity index (χ3n) is 2.96. The summed E-state index contributed by atoms with van der Waals surface area (Å²) < 4.78 is 23.8. The van der Waals surface area contributed by atoms with Crippen LogP contribution >= 0.6 is 0 Å². The molecule has 0 unspecified atom stereocenters. The highest BCUT2D eigenvalue weighted by atomic mass is 19.1. The van der Waals surface area contributed by atoms with E-state index in [1.165, 1.54) is 13.2 Å².